The maximum atomic E-state index is 10.7. The second kappa shape index (κ2) is 3.93. The topological polar surface area (TPSA) is 46.2 Å². The van der Waals surface area contributed by atoms with Crippen LogP contribution in [0.5, 0.6) is 0 Å². The molecule has 0 unspecified atom stereocenters. The summed E-state index contributed by atoms with van der Waals surface area (Å²) < 4.78 is 23.5. The first-order chi connectivity index (χ1) is 4.62. The highest BCUT2D eigenvalue weighted by atomic mass is 32.2. The Kier molecular flexibility index (Phi) is 3.54. The van der Waals surface area contributed by atoms with Gasteiger partial charge in [0.05, 0.1) is 12.0 Å². The van der Waals surface area contributed by atoms with Crippen molar-refractivity contribution >= 4 is 10.0 Å². The average Bonchev–Trinajstić information content (AvgIpc) is 1.84. The van der Waals surface area contributed by atoms with Gasteiger partial charge in [0.25, 0.3) is 0 Å². The van der Waals surface area contributed by atoms with E-state index in [1.54, 1.807) is 0 Å². The zero-order valence-corrected chi connectivity index (χ0v) is 6.32. The van der Waals surface area contributed by atoms with Crippen LogP contribution >= 0.6 is 0 Å². The summed E-state index contributed by atoms with van der Waals surface area (Å²) in [6.45, 7) is 6.48. The summed E-state index contributed by atoms with van der Waals surface area (Å²) in [5.74, 6) is -0.0921. The Bertz CT molecular complexity index is 247. The van der Waals surface area contributed by atoms with Gasteiger partial charge < -0.3 is 0 Å². The summed E-state index contributed by atoms with van der Waals surface area (Å²) in [4.78, 5) is 0. The number of hydrogen-bond donors (Lipinski definition) is 1. The first kappa shape index (κ1) is 9.01. The molecule has 0 rings (SSSR count). The highest BCUT2D eigenvalue weighted by Gasteiger charge is 2.01. The maximum absolute atomic E-state index is 10.7. The van der Waals surface area contributed by atoms with E-state index in [9.17, 15) is 8.42 Å². The molecule has 56 valence electrons. The molecule has 0 aliphatic heterocycles. The SMILES string of the molecule is C=C=CNS(=O)(=O)CC=C. The van der Waals surface area contributed by atoms with Crippen molar-refractivity contribution in [1.82, 2.24) is 4.72 Å². The molecule has 0 saturated heterocycles. The van der Waals surface area contributed by atoms with E-state index in [0.29, 0.717) is 0 Å². The molecule has 0 radical (unpaired) electrons. The van der Waals surface area contributed by atoms with Crippen LogP contribution in [0.15, 0.2) is 31.2 Å². The van der Waals surface area contributed by atoms with E-state index < -0.39 is 10.0 Å². The Labute approximate surface area is 60.8 Å². The summed E-state index contributed by atoms with van der Waals surface area (Å²) in [6.07, 6.45) is 2.44. The molecule has 0 saturated carbocycles. The first-order valence-corrected chi connectivity index (χ1v) is 4.23. The third-order valence-corrected chi connectivity index (χ3v) is 1.83. The quantitative estimate of drug-likeness (QED) is 0.476. The van der Waals surface area contributed by atoms with Crippen LogP contribution in [0.4, 0.5) is 0 Å². The number of sulfonamides is 1. The van der Waals surface area contributed by atoms with Crippen LogP contribution < -0.4 is 4.72 Å². The maximum Gasteiger partial charge on any atom is 0.236 e. The zero-order chi connectivity index (χ0) is 8.04. The highest BCUT2D eigenvalue weighted by Crippen LogP contribution is 1.82. The average molecular weight is 159 g/mol. The van der Waals surface area contributed by atoms with E-state index in [1.165, 1.54) is 6.08 Å². The molecule has 4 heteroatoms. The van der Waals surface area contributed by atoms with Gasteiger partial charge in [0, 0.05) is 0 Å². The van der Waals surface area contributed by atoms with E-state index in [1.807, 2.05) is 0 Å². The third-order valence-electron chi connectivity index (χ3n) is 0.678. The predicted molar refractivity (Wildman–Crippen MR) is 40.8 cm³/mol. The summed E-state index contributed by atoms with van der Waals surface area (Å²) in [7, 11) is -3.22. The number of nitrogens with one attached hydrogen (secondary N) is 1. The molecule has 10 heavy (non-hydrogen) atoms. The molecule has 0 spiro atoms. The predicted octanol–water partition coefficient (Wildman–Crippen LogP) is 0.390. The minimum absolute atomic E-state index is 0.0921. The van der Waals surface area contributed by atoms with Crippen LogP contribution in [0, 0.1) is 0 Å². The zero-order valence-electron chi connectivity index (χ0n) is 5.50. The smallest absolute Gasteiger partial charge is 0.236 e. The minimum atomic E-state index is -3.22. The van der Waals surface area contributed by atoms with Gasteiger partial charge in [-0.15, -0.1) is 12.3 Å². The third kappa shape index (κ3) is 3.95. The van der Waals surface area contributed by atoms with Crippen molar-refractivity contribution in [3.05, 3.63) is 31.2 Å². The normalized spacial score (nSPS) is 9.60. The van der Waals surface area contributed by atoms with Crippen molar-refractivity contribution in [3.63, 3.8) is 0 Å². The van der Waals surface area contributed by atoms with Gasteiger partial charge in [0.2, 0.25) is 10.0 Å². The van der Waals surface area contributed by atoms with Crippen LogP contribution in [0.25, 0.3) is 0 Å². The molecule has 0 bridgehead atoms. The molecule has 0 atom stereocenters. The molecule has 0 aliphatic rings. The van der Waals surface area contributed by atoms with Crippen molar-refractivity contribution in [1.29, 1.82) is 0 Å². The van der Waals surface area contributed by atoms with Gasteiger partial charge in [0.15, 0.2) is 0 Å². The molecule has 0 aliphatic carbocycles. The van der Waals surface area contributed by atoms with Crippen molar-refractivity contribution in [2.24, 2.45) is 0 Å². The standard InChI is InChI=1S/C6H9NO2S/c1-3-5-7-10(8,9)6-4-2/h4-5,7H,1-2,6H2. The van der Waals surface area contributed by atoms with Crippen LogP contribution in [-0.2, 0) is 10.0 Å². The molecule has 0 aromatic carbocycles. The Balaban J connectivity index is 4.13. The first-order valence-electron chi connectivity index (χ1n) is 2.57. The van der Waals surface area contributed by atoms with E-state index in [4.69, 9.17) is 0 Å². The van der Waals surface area contributed by atoms with Gasteiger partial charge in [-0.2, -0.15) is 0 Å². The van der Waals surface area contributed by atoms with Gasteiger partial charge in [-0.1, -0.05) is 12.7 Å². The van der Waals surface area contributed by atoms with Crippen molar-refractivity contribution in [2.45, 2.75) is 0 Å². The van der Waals surface area contributed by atoms with Gasteiger partial charge in [-0.25, -0.2) is 8.42 Å². The summed E-state index contributed by atoms with van der Waals surface area (Å²) in [5, 5.41) is 0. The Morgan fingerprint density at radius 1 is 1.60 bits per heavy atom. The largest absolute Gasteiger partial charge is 0.283 e. The Morgan fingerprint density at radius 3 is 2.60 bits per heavy atom. The summed E-state index contributed by atoms with van der Waals surface area (Å²) in [5.41, 5.74) is 2.28. The molecule has 0 heterocycles. The fraction of sp³-hybridized carbons (Fsp3) is 0.167. The Morgan fingerprint density at radius 2 is 2.20 bits per heavy atom. The monoisotopic (exact) mass is 159 g/mol. The van der Waals surface area contributed by atoms with Crippen molar-refractivity contribution in [3.8, 4) is 0 Å². The van der Waals surface area contributed by atoms with E-state index in [-0.39, 0.29) is 5.75 Å². The Hall–Kier alpha value is -0.990. The number of rotatable bonds is 4. The molecule has 0 aromatic heterocycles. The van der Waals surface area contributed by atoms with E-state index >= 15 is 0 Å². The lowest BCUT2D eigenvalue weighted by atomic mass is 10.8. The van der Waals surface area contributed by atoms with Crippen LogP contribution in [0.3, 0.4) is 0 Å². The van der Waals surface area contributed by atoms with Crippen molar-refractivity contribution in [2.75, 3.05) is 5.75 Å². The summed E-state index contributed by atoms with van der Waals surface area (Å²) in [6, 6.07) is 0. The fourth-order valence-electron chi connectivity index (χ4n) is 0.335. The molecule has 3 nitrogen and oxygen atoms in total. The van der Waals surface area contributed by atoms with Gasteiger partial charge in [-0.05, 0) is 0 Å². The lowest BCUT2D eigenvalue weighted by Crippen LogP contribution is -2.19. The lowest BCUT2D eigenvalue weighted by molar-refractivity contribution is 0.593. The number of hydrogen-bond acceptors (Lipinski definition) is 2. The summed E-state index contributed by atoms with van der Waals surface area (Å²) >= 11 is 0. The minimum Gasteiger partial charge on any atom is -0.283 e. The van der Waals surface area contributed by atoms with Gasteiger partial charge in [0.1, 0.15) is 0 Å². The van der Waals surface area contributed by atoms with E-state index in [2.05, 4.69) is 23.6 Å². The second-order valence-corrected chi connectivity index (χ2v) is 3.33. The fourth-order valence-corrected chi connectivity index (χ4v) is 1.00. The van der Waals surface area contributed by atoms with Gasteiger partial charge >= 0.3 is 0 Å². The second-order valence-electron chi connectivity index (χ2n) is 1.54. The molecule has 0 aromatic rings. The molecular weight excluding hydrogens is 150 g/mol. The molecule has 1 N–H and O–H groups in total. The van der Waals surface area contributed by atoms with Crippen LogP contribution in [0.1, 0.15) is 0 Å². The molecular formula is C6H9NO2S. The van der Waals surface area contributed by atoms with Crippen molar-refractivity contribution < 1.29 is 8.42 Å². The van der Waals surface area contributed by atoms with E-state index in [0.717, 1.165) is 6.20 Å². The van der Waals surface area contributed by atoms with Gasteiger partial charge in [-0.3, -0.25) is 4.72 Å². The van der Waals surface area contributed by atoms with Crippen LogP contribution in [0.2, 0.25) is 0 Å². The lowest BCUT2D eigenvalue weighted by Gasteiger charge is -1.96. The van der Waals surface area contributed by atoms with Crippen LogP contribution in [-0.4, -0.2) is 14.2 Å². The molecule has 0 amide bonds. The highest BCUT2D eigenvalue weighted by molar-refractivity contribution is 7.89. The molecule has 0 fully saturated rings.